The van der Waals surface area contributed by atoms with Gasteiger partial charge in [-0.3, -0.25) is 4.79 Å². The molecule has 2 aromatic rings. The molecular formula is C17H21FN4O2. The Bertz CT molecular complexity index is 677. The maximum Gasteiger partial charge on any atom is 0.270 e. The predicted octanol–water partition coefficient (Wildman–Crippen LogP) is 2.30. The van der Waals surface area contributed by atoms with E-state index in [2.05, 4.69) is 20.6 Å². The van der Waals surface area contributed by atoms with E-state index in [1.807, 2.05) is 0 Å². The SMILES string of the molecule is COCCCNC(=O)c1cc(C)nc(NCc2ccc(F)cc2)n1. The molecule has 0 spiro atoms. The molecule has 0 aliphatic carbocycles. The van der Waals surface area contributed by atoms with Crippen molar-refractivity contribution in [2.45, 2.75) is 19.9 Å². The van der Waals surface area contributed by atoms with Gasteiger partial charge in [0.1, 0.15) is 11.5 Å². The number of hydrogen-bond acceptors (Lipinski definition) is 5. The van der Waals surface area contributed by atoms with Gasteiger partial charge >= 0.3 is 0 Å². The van der Waals surface area contributed by atoms with E-state index in [1.54, 1.807) is 32.2 Å². The normalized spacial score (nSPS) is 10.5. The van der Waals surface area contributed by atoms with Crippen molar-refractivity contribution in [1.82, 2.24) is 15.3 Å². The molecule has 6 nitrogen and oxygen atoms in total. The second-order valence-electron chi connectivity index (χ2n) is 5.30. The van der Waals surface area contributed by atoms with Crippen molar-refractivity contribution in [3.8, 4) is 0 Å². The highest BCUT2D eigenvalue weighted by Crippen LogP contribution is 2.08. The van der Waals surface area contributed by atoms with Crippen LogP contribution >= 0.6 is 0 Å². The molecule has 0 bridgehead atoms. The summed E-state index contributed by atoms with van der Waals surface area (Å²) < 4.78 is 17.8. The van der Waals surface area contributed by atoms with Crippen LogP contribution < -0.4 is 10.6 Å². The molecule has 128 valence electrons. The molecule has 7 heteroatoms. The summed E-state index contributed by atoms with van der Waals surface area (Å²) in [5, 5.41) is 5.84. The highest BCUT2D eigenvalue weighted by molar-refractivity contribution is 5.92. The van der Waals surface area contributed by atoms with E-state index in [-0.39, 0.29) is 11.7 Å². The van der Waals surface area contributed by atoms with Crippen molar-refractivity contribution < 1.29 is 13.9 Å². The van der Waals surface area contributed by atoms with Crippen LogP contribution in [0.3, 0.4) is 0 Å². The van der Waals surface area contributed by atoms with Crippen molar-refractivity contribution in [1.29, 1.82) is 0 Å². The molecular weight excluding hydrogens is 311 g/mol. The van der Waals surface area contributed by atoms with Crippen LogP contribution in [-0.2, 0) is 11.3 Å². The standard InChI is InChI=1S/C17H21FN4O2/c1-12-10-15(16(23)19-8-3-9-24-2)22-17(21-12)20-11-13-4-6-14(18)7-5-13/h4-7,10H,3,8-9,11H2,1-2H3,(H,19,23)(H,20,21,22). The first-order valence-electron chi connectivity index (χ1n) is 7.69. The minimum Gasteiger partial charge on any atom is -0.385 e. The quantitative estimate of drug-likeness (QED) is 0.726. The monoisotopic (exact) mass is 332 g/mol. The van der Waals surface area contributed by atoms with Crippen molar-refractivity contribution in [3.05, 3.63) is 53.1 Å². The Labute approximate surface area is 140 Å². The molecule has 0 fully saturated rings. The van der Waals surface area contributed by atoms with Crippen LogP contribution in [0.1, 0.15) is 28.2 Å². The third-order valence-corrected chi connectivity index (χ3v) is 3.26. The molecule has 1 aromatic carbocycles. The van der Waals surface area contributed by atoms with E-state index in [4.69, 9.17) is 4.74 Å². The van der Waals surface area contributed by atoms with E-state index in [0.29, 0.717) is 37.0 Å². The fourth-order valence-electron chi connectivity index (χ4n) is 2.06. The van der Waals surface area contributed by atoms with Crippen LogP contribution in [-0.4, -0.2) is 36.1 Å². The summed E-state index contributed by atoms with van der Waals surface area (Å²) in [6.07, 6.45) is 0.738. The van der Waals surface area contributed by atoms with Crippen LogP contribution in [0.15, 0.2) is 30.3 Å². The van der Waals surface area contributed by atoms with Gasteiger partial charge in [0, 0.05) is 32.5 Å². The zero-order valence-corrected chi connectivity index (χ0v) is 13.8. The molecule has 1 heterocycles. The first kappa shape index (κ1) is 17.8. The Morgan fingerprint density at radius 2 is 2.00 bits per heavy atom. The molecule has 0 unspecified atom stereocenters. The topological polar surface area (TPSA) is 76.1 Å². The number of carbonyl (C=O) groups excluding carboxylic acids is 1. The first-order chi connectivity index (χ1) is 11.6. The number of ether oxygens (including phenoxy) is 1. The predicted molar refractivity (Wildman–Crippen MR) is 89.3 cm³/mol. The lowest BCUT2D eigenvalue weighted by Gasteiger charge is -2.09. The fourth-order valence-corrected chi connectivity index (χ4v) is 2.06. The van der Waals surface area contributed by atoms with Crippen LogP contribution in [0.4, 0.5) is 10.3 Å². The van der Waals surface area contributed by atoms with Crippen molar-refractivity contribution in [2.75, 3.05) is 25.6 Å². The van der Waals surface area contributed by atoms with Gasteiger partial charge in [0.2, 0.25) is 5.95 Å². The molecule has 0 saturated carbocycles. The number of benzene rings is 1. The van der Waals surface area contributed by atoms with Crippen LogP contribution in [0.5, 0.6) is 0 Å². The van der Waals surface area contributed by atoms with Gasteiger partial charge in [0.05, 0.1) is 0 Å². The molecule has 0 saturated heterocycles. The van der Waals surface area contributed by atoms with Gasteiger partial charge in [-0.05, 0) is 37.1 Å². The third-order valence-electron chi connectivity index (χ3n) is 3.26. The largest absolute Gasteiger partial charge is 0.385 e. The van der Waals surface area contributed by atoms with Gasteiger partial charge in [-0.25, -0.2) is 14.4 Å². The summed E-state index contributed by atoms with van der Waals surface area (Å²) in [5.74, 6) is -0.166. The second-order valence-corrected chi connectivity index (χ2v) is 5.30. The molecule has 0 radical (unpaired) electrons. The number of nitrogens with zero attached hydrogens (tertiary/aromatic N) is 2. The molecule has 0 atom stereocenters. The van der Waals surface area contributed by atoms with Gasteiger partial charge < -0.3 is 15.4 Å². The van der Waals surface area contributed by atoms with Gasteiger partial charge in [-0.1, -0.05) is 12.1 Å². The third kappa shape index (κ3) is 5.58. The molecule has 2 N–H and O–H groups in total. The lowest BCUT2D eigenvalue weighted by Crippen LogP contribution is -2.26. The lowest BCUT2D eigenvalue weighted by atomic mass is 10.2. The number of anilines is 1. The second kappa shape index (κ2) is 8.93. The van der Waals surface area contributed by atoms with Gasteiger partial charge in [0.25, 0.3) is 5.91 Å². The van der Waals surface area contributed by atoms with E-state index >= 15 is 0 Å². The summed E-state index contributed by atoms with van der Waals surface area (Å²) in [6, 6.07) is 7.79. The highest BCUT2D eigenvalue weighted by atomic mass is 19.1. The molecule has 1 amide bonds. The average molecular weight is 332 g/mol. The van der Waals surface area contributed by atoms with E-state index < -0.39 is 0 Å². The highest BCUT2D eigenvalue weighted by Gasteiger charge is 2.10. The van der Waals surface area contributed by atoms with Gasteiger partial charge in [-0.2, -0.15) is 0 Å². The molecule has 0 aliphatic heterocycles. The Balaban J connectivity index is 1.97. The van der Waals surface area contributed by atoms with Gasteiger partial charge in [-0.15, -0.1) is 0 Å². The summed E-state index contributed by atoms with van der Waals surface area (Å²) >= 11 is 0. The molecule has 0 aliphatic rings. The molecule has 2 rings (SSSR count). The molecule has 1 aromatic heterocycles. The Morgan fingerprint density at radius 3 is 2.71 bits per heavy atom. The number of aryl methyl sites for hydroxylation is 1. The smallest absolute Gasteiger partial charge is 0.270 e. The maximum atomic E-state index is 12.9. The summed E-state index contributed by atoms with van der Waals surface area (Å²) in [4.78, 5) is 20.6. The van der Waals surface area contributed by atoms with Crippen molar-refractivity contribution in [2.24, 2.45) is 0 Å². The number of hydrogen-bond donors (Lipinski definition) is 2. The van der Waals surface area contributed by atoms with E-state index in [0.717, 1.165) is 12.0 Å². The van der Waals surface area contributed by atoms with Crippen molar-refractivity contribution >= 4 is 11.9 Å². The lowest BCUT2D eigenvalue weighted by molar-refractivity contribution is 0.0943. The van der Waals surface area contributed by atoms with Crippen LogP contribution in [0.2, 0.25) is 0 Å². The van der Waals surface area contributed by atoms with Crippen LogP contribution in [0.25, 0.3) is 0 Å². The summed E-state index contributed by atoms with van der Waals surface area (Å²) in [5.41, 5.74) is 1.89. The number of carbonyl (C=O) groups is 1. The number of methoxy groups -OCH3 is 1. The maximum absolute atomic E-state index is 12.9. The first-order valence-corrected chi connectivity index (χ1v) is 7.69. The average Bonchev–Trinajstić information content (AvgIpc) is 2.57. The van der Waals surface area contributed by atoms with E-state index in [9.17, 15) is 9.18 Å². The van der Waals surface area contributed by atoms with Gasteiger partial charge in [0.15, 0.2) is 0 Å². The van der Waals surface area contributed by atoms with Crippen molar-refractivity contribution in [3.63, 3.8) is 0 Å². The number of amides is 1. The van der Waals surface area contributed by atoms with Crippen LogP contribution in [0, 0.1) is 12.7 Å². The summed E-state index contributed by atoms with van der Waals surface area (Å²) in [6.45, 7) is 3.35. The van der Waals surface area contributed by atoms with E-state index in [1.165, 1.54) is 12.1 Å². The zero-order chi connectivity index (χ0) is 17.4. The Hall–Kier alpha value is -2.54. The fraction of sp³-hybridized carbons (Fsp3) is 0.353. The summed E-state index contributed by atoms with van der Waals surface area (Å²) in [7, 11) is 1.62. The zero-order valence-electron chi connectivity index (χ0n) is 13.8. The number of halogens is 1. The molecule has 24 heavy (non-hydrogen) atoms. The number of rotatable bonds is 8. The minimum atomic E-state index is -0.280. The minimum absolute atomic E-state index is 0.249. The number of nitrogens with one attached hydrogen (secondary N) is 2. The number of aromatic nitrogens is 2. The Morgan fingerprint density at radius 1 is 1.25 bits per heavy atom. The Kier molecular flexibility index (Phi) is 6.62.